The number of rotatable bonds is 4. The Hall–Kier alpha value is -1.04. The Morgan fingerprint density at radius 1 is 1.38 bits per heavy atom. The molecule has 0 aliphatic rings. The van der Waals surface area contributed by atoms with Crippen LogP contribution in [0.25, 0.3) is 11.3 Å². The van der Waals surface area contributed by atoms with Gasteiger partial charge in [0.15, 0.2) is 0 Å². The zero-order chi connectivity index (χ0) is 11.4. The zero-order valence-electron chi connectivity index (χ0n) is 8.94. The molecule has 0 radical (unpaired) electrons. The average molecular weight is 329 g/mol. The van der Waals surface area contributed by atoms with Crippen molar-refractivity contribution in [3.63, 3.8) is 0 Å². The molecule has 0 atom stereocenters. The maximum absolute atomic E-state index is 5.73. The molecule has 0 bridgehead atoms. The third-order valence-electron chi connectivity index (χ3n) is 2.23. The number of hydrogen-bond donors (Lipinski definition) is 0. The molecule has 2 aromatic rings. The monoisotopic (exact) mass is 329 g/mol. The van der Waals surface area contributed by atoms with Crippen LogP contribution in [0.4, 0.5) is 0 Å². The van der Waals surface area contributed by atoms with Crippen molar-refractivity contribution in [1.29, 1.82) is 0 Å². The van der Waals surface area contributed by atoms with Crippen LogP contribution < -0.4 is 4.74 Å². The molecule has 0 saturated heterocycles. The van der Waals surface area contributed by atoms with E-state index in [2.05, 4.69) is 27.6 Å². The molecule has 2 aromatic heterocycles. The Bertz CT molecular complexity index is 468. The van der Waals surface area contributed by atoms with E-state index in [4.69, 9.17) is 9.15 Å². The van der Waals surface area contributed by atoms with Gasteiger partial charge >= 0.3 is 0 Å². The van der Waals surface area contributed by atoms with Crippen LogP contribution in [0.2, 0.25) is 0 Å². The Balaban J connectivity index is 2.34. The van der Waals surface area contributed by atoms with E-state index in [9.17, 15) is 0 Å². The summed E-state index contributed by atoms with van der Waals surface area (Å²) in [4.78, 5) is 4.15. The van der Waals surface area contributed by atoms with Gasteiger partial charge in [0.05, 0.1) is 12.7 Å². The zero-order valence-corrected chi connectivity index (χ0v) is 11.1. The van der Waals surface area contributed by atoms with Gasteiger partial charge in [-0.2, -0.15) is 0 Å². The number of ether oxygens (including phenoxy) is 1. The predicted octanol–water partition coefficient (Wildman–Crippen LogP) is 3.33. The predicted molar refractivity (Wildman–Crippen MR) is 71.1 cm³/mol. The van der Waals surface area contributed by atoms with E-state index in [1.807, 2.05) is 24.3 Å². The molecule has 0 fully saturated rings. The summed E-state index contributed by atoms with van der Waals surface area (Å²) in [6.07, 6.45) is 2.65. The van der Waals surface area contributed by atoms with Crippen LogP contribution in [0.3, 0.4) is 0 Å². The number of methoxy groups -OCH3 is 1. The van der Waals surface area contributed by atoms with Crippen LogP contribution >= 0.6 is 22.6 Å². The fraction of sp³-hybridized carbons (Fsp3) is 0.250. The largest absolute Gasteiger partial charge is 0.480 e. The van der Waals surface area contributed by atoms with Crippen LogP contribution in [-0.2, 0) is 6.42 Å². The van der Waals surface area contributed by atoms with E-state index in [-0.39, 0.29) is 0 Å². The van der Waals surface area contributed by atoms with Crippen LogP contribution in [0.5, 0.6) is 5.88 Å². The number of pyridine rings is 1. The SMILES string of the molecule is COc1ncccc1-c1ccc(CCI)o1. The molecule has 2 rings (SSSR count). The van der Waals surface area contributed by atoms with Gasteiger partial charge in [-0.1, -0.05) is 22.6 Å². The lowest BCUT2D eigenvalue weighted by Crippen LogP contribution is -1.89. The van der Waals surface area contributed by atoms with Gasteiger partial charge in [-0.25, -0.2) is 4.98 Å². The lowest BCUT2D eigenvalue weighted by Gasteiger charge is -2.03. The summed E-state index contributed by atoms with van der Waals surface area (Å²) in [6.45, 7) is 0. The van der Waals surface area contributed by atoms with Gasteiger partial charge in [0, 0.05) is 17.0 Å². The maximum Gasteiger partial charge on any atom is 0.224 e. The van der Waals surface area contributed by atoms with Crippen LogP contribution in [0.15, 0.2) is 34.9 Å². The molecule has 2 heterocycles. The smallest absolute Gasteiger partial charge is 0.224 e. The molecule has 4 heteroatoms. The minimum absolute atomic E-state index is 0.595. The highest BCUT2D eigenvalue weighted by Gasteiger charge is 2.10. The van der Waals surface area contributed by atoms with Gasteiger partial charge in [0.1, 0.15) is 11.5 Å². The standard InChI is InChI=1S/C12H12INO2/c1-15-12-10(3-2-8-14-12)11-5-4-9(16-11)6-7-13/h2-5,8H,6-7H2,1H3. The average Bonchev–Trinajstić information content (AvgIpc) is 2.78. The number of aromatic nitrogens is 1. The van der Waals surface area contributed by atoms with Crippen molar-refractivity contribution < 1.29 is 9.15 Å². The second kappa shape index (κ2) is 5.34. The van der Waals surface area contributed by atoms with Gasteiger partial charge in [0.25, 0.3) is 0 Å². The number of nitrogens with zero attached hydrogens (tertiary/aromatic N) is 1. The van der Waals surface area contributed by atoms with Crippen LogP contribution in [-0.4, -0.2) is 16.5 Å². The summed E-state index contributed by atoms with van der Waals surface area (Å²) in [5.41, 5.74) is 0.893. The molecule has 0 N–H and O–H groups in total. The van der Waals surface area contributed by atoms with Gasteiger partial charge in [-0.3, -0.25) is 0 Å². The first-order valence-corrected chi connectivity index (χ1v) is 6.51. The van der Waals surface area contributed by atoms with Gasteiger partial charge < -0.3 is 9.15 Å². The van der Waals surface area contributed by atoms with E-state index in [1.165, 1.54) is 0 Å². The van der Waals surface area contributed by atoms with Crippen molar-refractivity contribution in [2.24, 2.45) is 0 Å². The molecule has 0 aromatic carbocycles. The van der Waals surface area contributed by atoms with Crippen molar-refractivity contribution in [3.05, 3.63) is 36.2 Å². The molecule has 0 unspecified atom stereocenters. The molecule has 0 spiro atoms. The molecule has 16 heavy (non-hydrogen) atoms. The van der Waals surface area contributed by atoms with Crippen LogP contribution in [0, 0.1) is 0 Å². The first-order chi connectivity index (χ1) is 7.85. The van der Waals surface area contributed by atoms with Crippen molar-refractivity contribution in [1.82, 2.24) is 4.98 Å². The van der Waals surface area contributed by atoms with E-state index in [0.29, 0.717) is 5.88 Å². The fourth-order valence-electron chi connectivity index (χ4n) is 1.49. The molecule has 0 amide bonds. The second-order valence-electron chi connectivity index (χ2n) is 3.27. The van der Waals surface area contributed by atoms with Crippen molar-refractivity contribution in [2.45, 2.75) is 6.42 Å². The highest BCUT2D eigenvalue weighted by Crippen LogP contribution is 2.29. The minimum Gasteiger partial charge on any atom is -0.480 e. The number of halogens is 1. The lowest BCUT2D eigenvalue weighted by molar-refractivity contribution is 0.397. The minimum atomic E-state index is 0.595. The number of aryl methyl sites for hydroxylation is 1. The van der Waals surface area contributed by atoms with Crippen molar-refractivity contribution >= 4 is 22.6 Å². The third-order valence-corrected chi connectivity index (χ3v) is 2.77. The molecule has 3 nitrogen and oxygen atoms in total. The number of hydrogen-bond acceptors (Lipinski definition) is 3. The summed E-state index contributed by atoms with van der Waals surface area (Å²) >= 11 is 2.33. The highest BCUT2D eigenvalue weighted by molar-refractivity contribution is 14.1. The lowest BCUT2D eigenvalue weighted by atomic mass is 10.2. The van der Waals surface area contributed by atoms with E-state index in [0.717, 1.165) is 27.9 Å². The normalized spacial score (nSPS) is 10.4. The highest BCUT2D eigenvalue weighted by atomic mass is 127. The summed E-state index contributed by atoms with van der Waals surface area (Å²) in [5.74, 6) is 2.40. The summed E-state index contributed by atoms with van der Waals surface area (Å²) in [6, 6.07) is 7.78. The second-order valence-corrected chi connectivity index (χ2v) is 4.34. The Morgan fingerprint density at radius 2 is 2.25 bits per heavy atom. The fourth-order valence-corrected chi connectivity index (χ4v) is 2.02. The van der Waals surface area contributed by atoms with E-state index >= 15 is 0 Å². The maximum atomic E-state index is 5.73. The molecule has 84 valence electrons. The number of alkyl halides is 1. The summed E-state index contributed by atoms with van der Waals surface area (Å²) in [5, 5.41) is 0. The van der Waals surface area contributed by atoms with Gasteiger partial charge in [-0.15, -0.1) is 0 Å². The molecule has 0 saturated carbocycles. The first-order valence-electron chi connectivity index (χ1n) is 4.99. The topological polar surface area (TPSA) is 35.3 Å². The third kappa shape index (κ3) is 2.37. The number of furan rings is 1. The Kier molecular flexibility index (Phi) is 3.82. The van der Waals surface area contributed by atoms with Crippen molar-refractivity contribution in [3.8, 4) is 17.2 Å². The van der Waals surface area contributed by atoms with E-state index in [1.54, 1.807) is 13.3 Å². The quantitative estimate of drug-likeness (QED) is 0.638. The molecular formula is C12H12INO2. The Morgan fingerprint density at radius 3 is 3.00 bits per heavy atom. The molecule has 0 aliphatic heterocycles. The summed E-state index contributed by atoms with van der Waals surface area (Å²) < 4.78 is 12.0. The first kappa shape index (κ1) is 11.4. The van der Waals surface area contributed by atoms with E-state index < -0.39 is 0 Å². The van der Waals surface area contributed by atoms with Crippen LogP contribution in [0.1, 0.15) is 5.76 Å². The molecule has 0 aliphatic carbocycles. The van der Waals surface area contributed by atoms with Gasteiger partial charge in [-0.05, 0) is 24.3 Å². The molecular weight excluding hydrogens is 317 g/mol. The van der Waals surface area contributed by atoms with Crippen molar-refractivity contribution in [2.75, 3.05) is 11.5 Å². The summed E-state index contributed by atoms with van der Waals surface area (Å²) in [7, 11) is 1.61. The van der Waals surface area contributed by atoms with Gasteiger partial charge in [0.2, 0.25) is 5.88 Å². The Labute approximate surface area is 108 Å².